The average molecular weight is 237 g/mol. The van der Waals surface area contributed by atoms with Crippen LogP contribution in [0.2, 0.25) is 0 Å². The number of ether oxygens (including phenoxy) is 1. The van der Waals surface area contributed by atoms with Gasteiger partial charge in [-0.05, 0) is 25.1 Å². The maximum atomic E-state index is 11.5. The molecule has 92 valence electrons. The van der Waals surface area contributed by atoms with E-state index in [9.17, 15) is 14.7 Å². The number of hydrogen-bond acceptors (Lipinski definition) is 4. The molecule has 0 unspecified atom stereocenters. The minimum absolute atomic E-state index is 0.0424. The van der Waals surface area contributed by atoms with E-state index in [1.165, 1.54) is 18.2 Å². The molecule has 0 radical (unpaired) electrons. The molecule has 5 nitrogen and oxygen atoms in total. The summed E-state index contributed by atoms with van der Waals surface area (Å²) in [5.74, 6) is -0.943. The van der Waals surface area contributed by atoms with Crippen molar-refractivity contribution in [3.63, 3.8) is 0 Å². The predicted octanol–water partition coefficient (Wildman–Crippen LogP) is 1.92. The van der Waals surface area contributed by atoms with Crippen molar-refractivity contribution in [3.8, 4) is 5.75 Å². The minimum atomic E-state index is -0.613. The van der Waals surface area contributed by atoms with Gasteiger partial charge in [-0.1, -0.05) is 6.92 Å². The Kier molecular flexibility index (Phi) is 4.51. The molecule has 5 heteroatoms. The number of esters is 1. The summed E-state index contributed by atoms with van der Waals surface area (Å²) >= 11 is 0. The molecule has 1 aromatic rings. The van der Waals surface area contributed by atoms with E-state index in [0.29, 0.717) is 12.1 Å². The van der Waals surface area contributed by atoms with E-state index >= 15 is 0 Å². The molecular weight excluding hydrogens is 222 g/mol. The van der Waals surface area contributed by atoms with Gasteiger partial charge in [-0.15, -0.1) is 0 Å². The number of anilines is 1. The zero-order valence-corrected chi connectivity index (χ0v) is 9.82. The maximum Gasteiger partial charge on any atom is 0.341 e. The van der Waals surface area contributed by atoms with Crippen molar-refractivity contribution in [2.45, 2.75) is 20.3 Å². The van der Waals surface area contributed by atoms with Crippen molar-refractivity contribution in [2.75, 3.05) is 11.9 Å². The number of nitrogens with one attached hydrogen (secondary N) is 1. The second kappa shape index (κ2) is 5.89. The fraction of sp³-hybridized carbons (Fsp3) is 0.333. The van der Waals surface area contributed by atoms with Gasteiger partial charge in [0.1, 0.15) is 11.3 Å². The van der Waals surface area contributed by atoms with Crippen molar-refractivity contribution in [2.24, 2.45) is 0 Å². The topological polar surface area (TPSA) is 75.6 Å². The first-order valence-electron chi connectivity index (χ1n) is 5.38. The van der Waals surface area contributed by atoms with Gasteiger partial charge in [0.15, 0.2) is 0 Å². The normalized spacial score (nSPS) is 9.76. The molecule has 2 N–H and O–H groups in total. The van der Waals surface area contributed by atoms with E-state index in [2.05, 4.69) is 5.32 Å². The smallest absolute Gasteiger partial charge is 0.341 e. The van der Waals surface area contributed by atoms with Gasteiger partial charge in [0.25, 0.3) is 0 Å². The van der Waals surface area contributed by atoms with Crippen molar-refractivity contribution in [1.82, 2.24) is 0 Å². The van der Waals surface area contributed by atoms with E-state index < -0.39 is 5.97 Å². The van der Waals surface area contributed by atoms with E-state index in [1.54, 1.807) is 13.8 Å². The molecule has 0 spiro atoms. The Labute approximate surface area is 99.4 Å². The van der Waals surface area contributed by atoms with Crippen LogP contribution in [0.25, 0.3) is 0 Å². The molecule has 1 aromatic carbocycles. The predicted molar refractivity (Wildman–Crippen MR) is 63.0 cm³/mol. The number of carbonyl (C=O) groups is 2. The molecule has 0 saturated heterocycles. The van der Waals surface area contributed by atoms with Crippen molar-refractivity contribution in [1.29, 1.82) is 0 Å². The maximum absolute atomic E-state index is 11.5. The first-order valence-corrected chi connectivity index (χ1v) is 5.38. The lowest BCUT2D eigenvalue weighted by Crippen LogP contribution is -2.11. The second-order valence-corrected chi connectivity index (χ2v) is 3.35. The standard InChI is InChI=1S/C12H15NO4/c1-3-11(15)13-8-5-6-10(14)9(7-8)12(16)17-4-2/h5-7,14H,3-4H2,1-2H3,(H,13,15). The van der Waals surface area contributed by atoms with Crippen LogP contribution in [0, 0.1) is 0 Å². The van der Waals surface area contributed by atoms with Crippen molar-refractivity contribution >= 4 is 17.6 Å². The monoisotopic (exact) mass is 237 g/mol. The van der Waals surface area contributed by atoms with E-state index in [0.717, 1.165) is 0 Å². The number of rotatable bonds is 4. The number of phenolic OH excluding ortho intramolecular Hbond substituents is 1. The highest BCUT2D eigenvalue weighted by atomic mass is 16.5. The minimum Gasteiger partial charge on any atom is -0.507 e. The van der Waals surface area contributed by atoms with Crippen LogP contribution in [0.15, 0.2) is 18.2 Å². The van der Waals surface area contributed by atoms with Crippen LogP contribution in [0.5, 0.6) is 5.75 Å². The summed E-state index contributed by atoms with van der Waals surface area (Å²) in [7, 11) is 0. The van der Waals surface area contributed by atoms with Crippen LogP contribution in [0.4, 0.5) is 5.69 Å². The van der Waals surface area contributed by atoms with Gasteiger partial charge in [-0.25, -0.2) is 4.79 Å². The van der Waals surface area contributed by atoms with E-state index in [1.807, 2.05) is 0 Å². The Morgan fingerprint density at radius 1 is 1.35 bits per heavy atom. The number of benzene rings is 1. The van der Waals surface area contributed by atoms with Crippen LogP contribution >= 0.6 is 0 Å². The van der Waals surface area contributed by atoms with Crippen molar-refractivity contribution in [3.05, 3.63) is 23.8 Å². The number of hydrogen-bond donors (Lipinski definition) is 2. The molecule has 17 heavy (non-hydrogen) atoms. The van der Waals surface area contributed by atoms with Gasteiger partial charge in [0.2, 0.25) is 5.91 Å². The highest BCUT2D eigenvalue weighted by Gasteiger charge is 2.13. The molecule has 0 atom stereocenters. The van der Waals surface area contributed by atoms with E-state index in [4.69, 9.17) is 4.74 Å². The Hall–Kier alpha value is -2.04. The van der Waals surface area contributed by atoms with Gasteiger partial charge < -0.3 is 15.2 Å². The first-order chi connectivity index (χ1) is 8.08. The van der Waals surface area contributed by atoms with Crippen LogP contribution < -0.4 is 5.32 Å². The quantitative estimate of drug-likeness (QED) is 0.619. The average Bonchev–Trinajstić information content (AvgIpc) is 2.31. The van der Waals surface area contributed by atoms with Crippen LogP contribution in [-0.4, -0.2) is 23.6 Å². The fourth-order valence-electron chi connectivity index (χ4n) is 1.24. The van der Waals surface area contributed by atoms with Crippen molar-refractivity contribution < 1.29 is 19.4 Å². The highest BCUT2D eigenvalue weighted by Crippen LogP contribution is 2.22. The van der Waals surface area contributed by atoms with Crippen LogP contribution in [0.1, 0.15) is 30.6 Å². The molecule has 0 aliphatic carbocycles. The summed E-state index contributed by atoms with van der Waals surface area (Å²) in [6, 6.07) is 4.25. The number of amides is 1. The summed E-state index contributed by atoms with van der Waals surface area (Å²) < 4.78 is 4.78. The lowest BCUT2D eigenvalue weighted by atomic mass is 10.1. The fourth-order valence-corrected chi connectivity index (χ4v) is 1.24. The zero-order valence-electron chi connectivity index (χ0n) is 9.82. The van der Waals surface area contributed by atoms with Gasteiger partial charge in [-0.2, -0.15) is 0 Å². The SMILES string of the molecule is CCOC(=O)c1cc(NC(=O)CC)ccc1O. The molecule has 0 aliphatic rings. The summed E-state index contributed by atoms with van der Waals surface area (Å²) in [5.41, 5.74) is 0.499. The molecule has 0 saturated carbocycles. The van der Waals surface area contributed by atoms with Gasteiger partial charge >= 0.3 is 5.97 Å². The van der Waals surface area contributed by atoms with E-state index in [-0.39, 0.29) is 23.8 Å². The molecule has 0 fully saturated rings. The second-order valence-electron chi connectivity index (χ2n) is 3.35. The summed E-state index contributed by atoms with van der Waals surface area (Å²) in [6.07, 6.45) is 0.343. The molecular formula is C12H15NO4. The zero-order chi connectivity index (χ0) is 12.8. The molecule has 0 aromatic heterocycles. The molecule has 0 aliphatic heterocycles. The third kappa shape index (κ3) is 3.48. The Morgan fingerprint density at radius 2 is 2.06 bits per heavy atom. The molecule has 1 rings (SSSR count). The van der Waals surface area contributed by atoms with Gasteiger partial charge in [-0.3, -0.25) is 4.79 Å². The Bertz CT molecular complexity index is 429. The lowest BCUT2D eigenvalue weighted by molar-refractivity contribution is -0.115. The number of carbonyl (C=O) groups excluding carboxylic acids is 2. The molecule has 0 bridgehead atoms. The third-order valence-electron chi connectivity index (χ3n) is 2.10. The Balaban J connectivity index is 2.94. The van der Waals surface area contributed by atoms with Crippen LogP contribution in [-0.2, 0) is 9.53 Å². The largest absolute Gasteiger partial charge is 0.507 e. The number of aromatic hydroxyl groups is 1. The summed E-state index contributed by atoms with van der Waals surface area (Å²) in [4.78, 5) is 22.7. The summed E-state index contributed by atoms with van der Waals surface area (Å²) in [6.45, 7) is 3.63. The molecule has 0 heterocycles. The third-order valence-corrected chi connectivity index (χ3v) is 2.10. The highest BCUT2D eigenvalue weighted by molar-refractivity contribution is 5.96. The van der Waals surface area contributed by atoms with Gasteiger partial charge in [0, 0.05) is 12.1 Å². The summed E-state index contributed by atoms with van der Waals surface area (Å²) in [5, 5.41) is 12.1. The Morgan fingerprint density at radius 3 is 2.65 bits per heavy atom. The molecule has 1 amide bonds. The van der Waals surface area contributed by atoms with Crippen LogP contribution in [0.3, 0.4) is 0 Å². The van der Waals surface area contributed by atoms with Gasteiger partial charge in [0.05, 0.1) is 6.61 Å². The first kappa shape index (κ1) is 13.0. The number of phenols is 1. The lowest BCUT2D eigenvalue weighted by Gasteiger charge is -2.08.